The van der Waals surface area contributed by atoms with E-state index in [-0.39, 0.29) is 0 Å². The molecule has 1 N–H and O–H groups in total. The van der Waals surface area contributed by atoms with Crippen LogP contribution in [0.5, 0.6) is 0 Å². The van der Waals surface area contributed by atoms with E-state index in [0.717, 1.165) is 24.3 Å². The molecule has 2 heteroatoms. The first-order valence-corrected chi connectivity index (χ1v) is 8.21. The van der Waals surface area contributed by atoms with Crippen molar-refractivity contribution in [3.05, 3.63) is 0 Å². The topological polar surface area (TPSA) is 15.3 Å². The molecule has 0 bridgehead atoms. The van der Waals surface area contributed by atoms with Gasteiger partial charge < -0.3 is 10.2 Å². The number of nitrogens with zero attached hydrogens (tertiary/aromatic N) is 1. The van der Waals surface area contributed by atoms with Gasteiger partial charge in [0.2, 0.25) is 0 Å². The molecule has 18 heavy (non-hydrogen) atoms. The Kier molecular flexibility index (Phi) is 5.97. The lowest BCUT2D eigenvalue weighted by molar-refractivity contribution is 0.135. The number of rotatable bonds is 5. The second-order valence-corrected chi connectivity index (χ2v) is 6.69. The van der Waals surface area contributed by atoms with Gasteiger partial charge in [-0.3, -0.25) is 0 Å². The van der Waals surface area contributed by atoms with Crippen molar-refractivity contribution >= 4 is 0 Å². The number of nitrogens with one attached hydrogen (secondary N) is 1. The number of piperidine rings is 1. The fourth-order valence-electron chi connectivity index (χ4n) is 3.81. The molecule has 0 aromatic heterocycles. The summed E-state index contributed by atoms with van der Waals surface area (Å²) in [6.07, 6.45) is 8.74. The Balaban J connectivity index is 1.63. The van der Waals surface area contributed by atoms with E-state index >= 15 is 0 Å². The SMILES string of the molecule is CCNCC1CCN(CC2CCCC(C)C2)CC1. The molecule has 1 aliphatic heterocycles. The summed E-state index contributed by atoms with van der Waals surface area (Å²) in [5.74, 6) is 2.92. The third kappa shape index (κ3) is 4.55. The number of hydrogen-bond donors (Lipinski definition) is 1. The molecule has 1 heterocycles. The quantitative estimate of drug-likeness (QED) is 0.808. The predicted molar refractivity (Wildman–Crippen MR) is 78.8 cm³/mol. The van der Waals surface area contributed by atoms with Crippen molar-refractivity contribution in [2.75, 3.05) is 32.7 Å². The molecule has 106 valence electrons. The van der Waals surface area contributed by atoms with E-state index in [0.29, 0.717) is 0 Å². The second kappa shape index (κ2) is 7.49. The van der Waals surface area contributed by atoms with Gasteiger partial charge in [0.15, 0.2) is 0 Å². The van der Waals surface area contributed by atoms with Crippen molar-refractivity contribution in [3.63, 3.8) is 0 Å². The minimum absolute atomic E-state index is 0.937. The van der Waals surface area contributed by atoms with Crippen LogP contribution in [-0.4, -0.2) is 37.6 Å². The Morgan fingerprint density at radius 1 is 1.06 bits per heavy atom. The molecule has 0 spiro atoms. The molecular formula is C16H32N2. The van der Waals surface area contributed by atoms with E-state index in [1.54, 1.807) is 0 Å². The molecule has 1 aliphatic carbocycles. The van der Waals surface area contributed by atoms with E-state index in [4.69, 9.17) is 0 Å². The van der Waals surface area contributed by atoms with Crippen molar-refractivity contribution < 1.29 is 0 Å². The van der Waals surface area contributed by atoms with Crippen molar-refractivity contribution in [1.29, 1.82) is 0 Å². The van der Waals surface area contributed by atoms with Crippen LogP contribution in [0.15, 0.2) is 0 Å². The highest BCUT2D eigenvalue weighted by Gasteiger charge is 2.24. The number of hydrogen-bond acceptors (Lipinski definition) is 2. The zero-order valence-electron chi connectivity index (χ0n) is 12.5. The van der Waals surface area contributed by atoms with E-state index < -0.39 is 0 Å². The maximum atomic E-state index is 3.50. The molecule has 1 saturated carbocycles. The lowest BCUT2D eigenvalue weighted by Crippen LogP contribution is -2.40. The Hall–Kier alpha value is -0.0800. The van der Waals surface area contributed by atoms with Gasteiger partial charge in [0.05, 0.1) is 0 Å². The van der Waals surface area contributed by atoms with Gasteiger partial charge in [0.25, 0.3) is 0 Å². The molecule has 2 rings (SSSR count). The summed E-state index contributed by atoms with van der Waals surface area (Å²) in [6.45, 7) is 11.1. The van der Waals surface area contributed by atoms with Crippen molar-refractivity contribution in [2.24, 2.45) is 17.8 Å². The van der Waals surface area contributed by atoms with Crippen LogP contribution in [0.4, 0.5) is 0 Å². The lowest BCUT2D eigenvalue weighted by atomic mass is 9.82. The van der Waals surface area contributed by atoms with Crippen LogP contribution >= 0.6 is 0 Å². The van der Waals surface area contributed by atoms with Crippen molar-refractivity contribution in [3.8, 4) is 0 Å². The highest BCUT2D eigenvalue weighted by Crippen LogP contribution is 2.30. The minimum Gasteiger partial charge on any atom is -0.317 e. The Labute approximate surface area is 114 Å². The highest BCUT2D eigenvalue weighted by molar-refractivity contribution is 4.78. The summed E-state index contributed by atoms with van der Waals surface area (Å²) in [6, 6.07) is 0. The molecule has 0 amide bonds. The summed E-state index contributed by atoms with van der Waals surface area (Å²) in [4.78, 5) is 2.74. The van der Waals surface area contributed by atoms with Crippen molar-refractivity contribution in [2.45, 2.75) is 52.4 Å². The van der Waals surface area contributed by atoms with Crippen LogP contribution < -0.4 is 5.32 Å². The Morgan fingerprint density at radius 3 is 2.50 bits per heavy atom. The summed E-state index contributed by atoms with van der Waals surface area (Å²) in [5, 5.41) is 3.50. The van der Waals surface area contributed by atoms with Gasteiger partial charge in [0.1, 0.15) is 0 Å². The third-order valence-electron chi connectivity index (χ3n) is 4.95. The van der Waals surface area contributed by atoms with Crippen LogP contribution in [0.2, 0.25) is 0 Å². The molecule has 2 fully saturated rings. The largest absolute Gasteiger partial charge is 0.317 e. The maximum Gasteiger partial charge on any atom is 0.000976 e. The lowest BCUT2D eigenvalue weighted by Gasteiger charge is -2.36. The number of likely N-dealkylation sites (tertiary alicyclic amines) is 1. The Morgan fingerprint density at radius 2 is 1.83 bits per heavy atom. The third-order valence-corrected chi connectivity index (χ3v) is 4.95. The second-order valence-electron chi connectivity index (χ2n) is 6.69. The van der Waals surface area contributed by atoms with E-state index in [1.165, 1.54) is 64.7 Å². The molecule has 0 aromatic carbocycles. The summed E-state index contributed by atoms with van der Waals surface area (Å²) >= 11 is 0. The van der Waals surface area contributed by atoms with E-state index in [9.17, 15) is 0 Å². The normalized spacial score (nSPS) is 31.7. The van der Waals surface area contributed by atoms with Crippen molar-refractivity contribution in [1.82, 2.24) is 10.2 Å². The first kappa shape index (κ1) is 14.3. The summed E-state index contributed by atoms with van der Waals surface area (Å²) < 4.78 is 0. The fraction of sp³-hybridized carbons (Fsp3) is 1.00. The molecule has 2 nitrogen and oxygen atoms in total. The molecule has 2 unspecified atom stereocenters. The van der Waals surface area contributed by atoms with Gasteiger partial charge in [-0.05, 0) is 69.6 Å². The zero-order chi connectivity index (χ0) is 12.8. The summed E-state index contributed by atoms with van der Waals surface area (Å²) in [5.41, 5.74) is 0. The van der Waals surface area contributed by atoms with Gasteiger partial charge in [-0.2, -0.15) is 0 Å². The van der Waals surface area contributed by atoms with Gasteiger partial charge in [-0.15, -0.1) is 0 Å². The average molecular weight is 252 g/mol. The van der Waals surface area contributed by atoms with Gasteiger partial charge >= 0.3 is 0 Å². The van der Waals surface area contributed by atoms with Crippen LogP contribution in [0.25, 0.3) is 0 Å². The predicted octanol–water partition coefficient (Wildman–Crippen LogP) is 3.13. The Bertz CT molecular complexity index is 221. The first-order valence-electron chi connectivity index (χ1n) is 8.21. The molecule has 2 atom stereocenters. The van der Waals surface area contributed by atoms with Gasteiger partial charge in [-0.1, -0.05) is 26.7 Å². The van der Waals surface area contributed by atoms with Crippen LogP contribution in [0.3, 0.4) is 0 Å². The van der Waals surface area contributed by atoms with Gasteiger partial charge in [0, 0.05) is 6.54 Å². The van der Waals surface area contributed by atoms with Crippen LogP contribution in [0, 0.1) is 17.8 Å². The first-order chi connectivity index (χ1) is 8.78. The maximum absolute atomic E-state index is 3.50. The minimum atomic E-state index is 0.937. The highest BCUT2D eigenvalue weighted by atomic mass is 15.1. The average Bonchev–Trinajstić information content (AvgIpc) is 2.38. The van der Waals surface area contributed by atoms with Crippen LogP contribution in [0.1, 0.15) is 52.4 Å². The standard InChI is InChI=1S/C16H32N2/c1-3-17-12-15-7-9-18(10-8-15)13-16-6-4-5-14(2)11-16/h14-17H,3-13H2,1-2H3. The monoisotopic (exact) mass is 252 g/mol. The van der Waals surface area contributed by atoms with E-state index in [1.807, 2.05) is 0 Å². The van der Waals surface area contributed by atoms with Crippen LogP contribution in [-0.2, 0) is 0 Å². The molecule has 1 saturated heterocycles. The van der Waals surface area contributed by atoms with Gasteiger partial charge in [-0.25, -0.2) is 0 Å². The smallest absolute Gasteiger partial charge is 0.000976 e. The molecule has 2 aliphatic rings. The van der Waals surface area contributed by atoms with E-state index in [2.05, 4.69) is 24.1 Å². The summed E-state index contributed by atoms with van der Waals surface area (Å²) in [7, 11) is 0. The molecule has 0 aromatic rings. The molecular weight excluding hydrogens is 220 g/mol. The molecule has 0 radical (unpaired) electrons. The zero-order valence-corrected chi connectivity index (χ0v) is 12.5. The fourth-order valence-corrected chi connectivity index (χ4v) is 3.81.